The summed E-state index contributed by atoms with van der Waals surface area (Å²) in [6.45, 7) is 4.98. The number of hydrogen-bond acceptors (Lipinski definition) is 2. The molecule has 94 valence electrons. The summed E-state index contributed by atoms with van der Waals surface area (Å²) in [5, 5.41) is 0. The van der Waals surface area contributed by atoms with Gasteiger partial charge in [0, 0.05) is 19.1 Å². The molecular weight excluding hydrogens is 210 g/mol. The molecule has 0 bridgehead atoms. The average Bonchev–Trinajstić information content (AvgIpc) is 2.29. The summed E-state index contributed by atoms with van der Waals surface area (Å²) in [4.78, 5) is 0. The molecule has 0 aromatic heterocycles. The molecule has 0 saturated heterocycles. The van der Waals surface area contributed by atoms with E-state index in [4.69, 9.17) is 10.5 Å². The predicted octanol–water partition coefficient (Wildman–Crippen LogP) is 2.95. The van der Waals surface area contributed by atoms with Gasteiger partial charge >= 0.3 is 0 Å². The molecule has 1 aliphatic rings. The van der Waals surface area contributed by atoms with Gasteiger partial charge in [0.1, 0.15) is 0 Å². The van der Waals surface area contributed by atoms with Crippen molar-refractivity contribution in [2.75, 3.05) is 13.7 Å². The van der Waals surface area contributed by atoms with Crippen LogP contribution in [-0.4, -0.2) is 13.7 Å². The standard InChI is InChI=1S/C15H23NO/c1-14(2,17-3)12-7-4-5-8-13(12)15(11-16)9-6-10-15/h4-5,7-8H,6,9-11,16H2,1-3H3. The Morgan fingerprint density at radius 3 is 2.41 bits per heavy atom. The topological polar surface area (TPSA) is 35.2 Å². The lowest BCUT2D eigenvalue weighted by atomic mass is 9.62. The predicted molar refractivity (Wildman–Crippen MR) is 71.1 cm³/mol. The van der Waals surface area contributed by atoms with Gasteiger partial charge in [-0.1, -0.05) is 30.7 Å². The first-order valence-electron chi connectivity index (χ1n) is 6.41. The SMILES string of the molecule is COC(C)(C)c1ccccc1C1(CN)CCC1. The zero-order chi connectivity index (χ0) is 12.5. The largest absolute Gasteiger partial charge is 0.374 e. The van der Waals surface area contributed by atoms with Crippen LogP contribution in [0.4, 0.5) is 0 Å². The molecule has 1 aromatic carbocycles. The van der Waals surface area contributed by atoms with Crippen LogP contribution in [-0.2, 0) is 15.8 Å². The van der Waals surface area contributed by atoms with Crippen molar-refractivity contribution >= 4 is 0 Å². The molecule has 2 rings (SSSR count). The smallest absolute Gasteiger partial charge is 0.0874 e. The lowest BCUT2D eigenvalue weighted by Gasteiger charge is -2.44. The lowest BCUT2D eigenvalue weighted by molar-refractivity contribution is 0.0166. The summed E-state index contributed by atoms with van der Waals surface area (Å²) in [7, 11) is 1.77. The quantitative estimate of drug-likeness (QED) is 0.867. The third-order valence-electron chi connectivity index (χ3n) is 4.36. The molecule has 0 amide bonds. The Hall–Kier alpha value is -0.860. The number of nitrogens with two attached hydrogens (primary N) is 1. The van der Waals surface area contributed by atoms with Crippen LogP contribution in [0.1, 0.15) is 44.2 Å². The number of ether oxygens (including phenoxy) is 1. The first kappa shape index (κ1) is 12.6. The monoisotopic (exact) mass is 233 g/mol. The summed E-state index contributed by atoms with van der Waals surface area (Å²) in [6.07, 6.45) is 3.71. The van der Waals surface area contributed by atoms with Crippen molar-refractivity contribution in [1.82, 2.24) is 0 Å². The van der Waals surface area contributed by atoms with Crippen LogP contribution in [0.15, 0.2) is 24.3 Å². The zero-order valence-corrected chi connectivity index (χ0v) is 11.1. The van der Waals surface area contributed by atoms with Gasteiger partial charge < -0.3 is 10.5 Å². The Balaban J connectivity index is 2.47. The third kappa shape index (κ3) is 2.00. The second-order valence-corrected chi connectivity index (χ2v) is 5.60. The van der Waals surface area contributed by atoms with Crippen LogP contribution in [0.5, 0.6) is 0 Å². The summed E-state index contributed by atoms with van der Waals surface area (Å²) < 4.78 is 5.63. The zero-order valence-electron chi connectivity index (χ0n) is 11.1. The fourth-order valence-electron chi connectivity index (χ4n) is 2.77. The Labute approximate surface area is 104 Å². The highest BCUT2D eigenvalue weighted by atomic mass is 16.5. The van der Waals surface area contributed by atoms with Crippen LogP contribution in [0.2, 0.25) is 0 Å². The van der Waals surface area contributed by atoms with E-state index >= 15 is 0 Å². The van der Waals surface area contributed by atoms with E-state index in [2.05, 4.69) is 38.1 Å². The average molecular weight is 233 g/mol. The summed E-state index contributed by atoms with van der Waals surface area (Å²) in [6, 6.07) is 8.60. The Bertz CT molecular complexity index is 388. The summed E-state index contributed by atoms with van der Waals surface area (Å²) >= 11 is 0. The Morgan fingerprint density at radius 1 is 1.29 bits per heavy atom. The van der Waals surface area contributed by atoms with Crippen molar-refractivity contribution < 1.29 is 4.74 Å². The molecule has 0 unspecified atom stereocenters. The highest BCUT2D eigenvalue weighted by molar-refractivity contribution is 5.39. The van der Waals surface area contributed by atoms with Crippen molar-refractivity contribution in [3.05, 3.63) is 35.4 Å². The van der Waals surface area contributed by atoms with Crippen molar-refractivity contribution in [1.29, 1.82) is 0 Å². The highest BCUT2D eigenvalue weighted by Crippen LogP contribution is 2.46. The van der Waals surface area contributed by atoms with Gasteiger partial charge in [-0.05, 0) is 37.8 Å². The normalized spacial score (nSPS) is 18.8. The molecule has 0 radical (unpaired) electrons. The van der Waals surface area contributed by atoms with E-state index in [0.717, 1.165) is 6.54 Å². The summed E-state index contributed by atoms with van der Waals surface area (Å²) in [5.74, 6) is 0. The summed E-state index contributed by atoms with van der Waals surface area (Å²) in [5.41, 5.74) is 8.65. The van der Waals surface area contributed by atoms with Crippen molar-refractivity contribution in [2.24, 2.45) is 5.73 Å². The van der Waals surface area contributed by atoms with E-state index < -0.39 is 0 Å². The van der Waals surface area contributed by atoms with Crippen molar-refractivity contribution in [3.8, 4) is 0 Å². The van der Waals surface area contributed by atoms with E-state index in [1.54, 1.807) is 7.11 Å². The Kier molecular flexibility index (Phi) is 3.28. The minimum atomic E-state index is -0.242. The molecule has 1 aliphatic carbocycles. The number of methoxy groups -OCH3 is 1. The molecule has 0 heterocycles. The van der Waals surface area contributed by atoms with E-state index in [9.17, 15) is 0 Å². The van der Waals surface area contributed by atoms with E-state index in [-0.39, 0.29) is 11.0 Å². The minimum Gasteiger partial charge on any atom is -0.374 e. The molecule has 2 N–H and O–H groups in total. The van der Waals surface area contributed by atoms with Crippen LogP contribution in [0.25, 0.3) is 0 Å². The molecule has 2 nitrogen and oxygen atoms in total. The van der Waals surface area contributed by atoms with E-state index in [1.807, 2.05) is 0 Å². The van der Waals surface area contributed by atoms with Gasteiger partial charge in [0.2, 0.25) is 0 Å². The van der Waals surface area contributed by atoms with Crippen LogP contribution in [0.3, 0.4) is 0 Å². The van der Waals surface area contributed by atoms with Gasteiger partial charge in [0.15, 0.2) is 0 Å². The molecule has 0 spiro atoms. The van der Waals surface area contributed by atoms with Crippen molar-refractivity contribution in [2.45, 2.75) is 44.1 Å². The molecule has 0 aliphatic heterocycles. The molecule has 1 fully saturated rings. The number of hydrogen-bond donors (Lipinski definition) is 1. The van der Waals surface area contributed by atoms with Crippen LogP contribution >= 0.6 is 0 Å². The van der Waals surface area contributed by atoms with Gasteiger partial charge in [-0.25, -0.2) is 0 Å². The molecule has 1 saturated carbocycles. The second kappa shape index (κ2) is 4.43. The first-order valence-corrected chi connectivity index (χ1v) is 6.41. The fraction of sp³-hybridized carbons (Fsp3) is 0.600. The molecule has 2 heteroatoms. The first-order chi connectivity index (χ1) is 8.06. The molecular formula is C15H23NO. The second-order valence-electron chi connectivity index (χ2n) is 5.60. The fourth-order valence-corrected chi connectivity index (χ4v) is 2.77. The van der Waals surface area contributed by atoms with Crippen LogP contribution in [0, 0.1) is 0 Å². The maximum Gasteiger partial charge on any atom is 0.0874 e. The van der Waals surface area contributed by atoms with Gasteiger partial charge in [0.25, 0.3) is 0 Å². The van der Waals surface area contributed by atoms with Gasteiger partial charge in [0.05, 0.1) is 5.60 Å². The van der Waals surface area contributed by atoms with Gasteiger partial charge in [-0.2, -0.15) is 0 Å². The van der Waals surface area contributed by atoms with Crippen LogP contribution < -0.4 is 5.73 Å². The number of rotatable bonds is 4. The number of benzene rings is 1. The van der Waals surface area contributed by atoms with Crippen molar-refractivity contribution in [3.63, 3.8) is 0 Å². The molecule has 1 aromatic rings. The third-order valence-corrected chi connectivity index (χ3v) is 4.36. The van der Waals surface area contributed by atoms with Gasteiger partial charge in [-0.3, -0.25) is 0 Å². The molecule has 17 heavy (non-hydrogen) atoms. The van der Waals surface area contributed by atoms with E-state index in [0.29, 0.717) is 0 Å². The maximum atomic E-state index is 6.01. The maximum absolute atomic E-state index is 6.01. The highest BCUT2D eigenvalue weighted by Gasteiger charge is 2.40. The van der Waals surface area contributed by atoms with E-state index in [1.165, 1.54) is 30.4 Å². The Morgan fingerprint density at radius 2 is 1.94 bits per heavy atom. The van der Waals surface area contributed by atoms with Gasteiger partial charge in [-0.15, -0.1) is 0 Å². The molecule has 0 atom stereocenters. The minimum absolute atomic E-state index is 0.201. The lowest BCUT2D eigenvalue weighted by Crippen LogP contribution is -2.43.